The minimum Gasteiger partial charge on any atom is -0.394 e. The quantitative estimate of drug-likeness (QED) is 0.893. The number of halogens is 3. The van der Waals surface area contributed by atoms with Gasteiger partial charge in [-0.1, -0.05) is 0 Å². The Bertz CT molecular complexity index is 573. The topological polar surface area (TPSA) is 69.6 Å². The van der Waals surface area contributed by atoms with E-state index in [0.29, 0.717) is 6.07 Å². The smallest absolute Gasteiger partial charge is 0.394 e. The van der Waals surface area contributed by atoms with Crippen LogP contribution in [0.25, 0.3) is 0 Å². The van der Waals surface area contributed by atoms with Crippen molar-refractivity contribution in [3.8, 4) is 0 Å². The van der Waals surface area contributed by atoms with E-state index in [1.54, 1.807) is 6.92 Å². The Morgan fingerprint density at radius 3 is 2.36 bits per heavy atom. The molecule has 0 spiro atoms. The standard InChI is InChI=1S/C14H17F3N2O3/c1-8(7-20)19(3)13(22)10-4-11(14(15,16)17)6-12(5-10)18-9(2)21/h4-6,8,20H,7H2,1-3H3,(H,18,21). The molecule has 0 radical (unpaired) electrons. The van der Waals surface area contributed by atoms with E-state index in [2.05, 4.69) is 5.32 Å². The molecule has 122 valence electrons. The van der Waals surface area contributed by atoms with Gasteiger partial charge in [0.1, 0.15) is 0 Å². The minimum absolute atomic E-state index is 0.115. The van der Waals surface area contributed by atoms with Crippen LogP contribution in [0.4, 0.5) is 18.9 Å². The summed E-state index contributed by atoms with van der Waals surface area (Å²) >= 11 is 0. The van der Waals surface area contributed by atoms with Gasteiger partial charge in [-0.25, -0.2) is 0 Å². The molecule has 0 aromatic heterocycles. The number of hydrogen-bond donors (Lipinski definition) is 2. The zero-order chi connectivity index (χ0) is 17.1. The van der Waals surface area contributed by atoms with Crippen molar-refractivity contribution in [3.63, 3.8) is 0 Å². The molecule has 0 saturated carbocycles. The second kappa shape index (κ2) is 6.78. The second-order valence-electron chi connectivity index (χ2n) is 4.93. The third-order valence-electron chi connectivity index (χ3n) is 3.07. The summed E-state index contributed by atoms with van der Waals surface area (Å²) in [6, 6.07) is 2.09. The third-order valence-corrected chi connectivity index (χ3v) is 3.07. The van der Waals surface area contributed by atoms with Gasteiger partial charge in [0.05, 0.1) is 18.2 Å². The Balaban J connectivity index is 3.28. The lowest BCUT2D eigenvalue weighted by Gasteiger charge is -2.24. The van der Waals surface area contributed by atoms with Crippen molar-refractivity contribution >= 4 is 17.5 Å². The summed E-state index contributed by atoms with van der Waals surface area (Å²) in [4.78, 5) is 24.4. The fourth-order valence-corrected chi connectivity index (χ4v) is 1.72. The SMILES string of the molecule is CC(=O)Nc1cc(C(=O)N(C)C(C)CO)cc(C(F)(F)F)c1. The average molecular weight is 318 g/mol. The van der Waals surface area contributed by atoms with Crippen LogP contribution in [0.15, 0.2) is 18.2 Å². The lowest BCUT2D eigenvalue weighted by Crippen LogP contribution is -2.37. The Morgan fingerprint density at radius 1 is 1.32 bits per heavy atom. The van der Waals surface area contributed by atoms with Crippen LogP contribution < -0.4 is 5.32 Å². The molecule has 2 N–H and O–H groups in total. The van der Waals surface area contributed by atoms with Gasteiger partial charge in [-0.3, -0.25) is 9.59 Å². The van der Waals surface area contributed by atoms with Gasteiger partial charge in [-0.2, -0.15) is 13.2 Å². The molecule has 0 aliphatic rings. The van der Waals surface area contributed by atoms with Crippen LogP contribution in [0.3, 0.4) is 0 Å². The van der Waals surface area contributed by atoms with Gasteiger partial charge >= 0.3 is 6.18 Å². The predicted molar refractivity (Wildman–Crippen MR) is 74.4 cm³/mol. The molecule has 0 fully saturated rings. The maximum Gasteiger partial charge on any atom is 0.416 e. The second-order valence-corrected chi connectivity index (χ2v) is 4.93. The van der Waals surface area contributed by atoms with E-state index < -0.39 is 29.6 Å². The van der Waals surface area contributed by atoms with Crippen molar-refractivity contribution < 1.29 is 27.9 Å². The van der Waals surface area contributed by atoms with Gasteiger partial charge in [0, 0.05) is 25.2 Å². The third kappa shape index (κ3) is 4.45. The summed E-state index contributed by atoms with van der Waals surface area (Å²) in [6.45, 7) is 2.39. The summed E-state index contributed by atoms with van der Waals surface area (Å²) in [6.07, 6.45) is -4.65. The largest absolute Gasteiger partial charge is 0.416 e. The summed E-state index contributed by atoms with van der Waals surface area (Å²) in [5.41, 5.74) is -1.37. The maximum atomic E-state index is 12.9. The van der Waals surface area contributed by atoms with E-state index in [1.807, 2.05) is 0 Å². The van der Waals surface area contributed by atoms with Gasteiger partial charge in [0.25, 0.3) is 5.91 Å². The summed E-state index contributed by atoms with van der Waals surface area (Å²) < 4.78 is 38.7. The highest BCUT2D eigenvalue weighted by molar-refractivity contribution is 5.97. The molecule has 1 unspecified atom stereocenters. The molecule has 1 atom stereocenters. The number of carbonyl (C=O) groups excluding carboxylic acids is 2. The van der Waals surface area contributed by atoms with Crippen LogP contribution >= 0.6 is 0 Å². The first kappa shape index (κ1) is 18.0. The first-order valence-electron chi connectivity index (χ1n) is 6.44. The number of carbonyl (C=O) groups is 2. The first-order chi connectivity index (χ1) is 10.1. The lowest BCUT2D eigenvalue weighted by atomic mass is 10.1. The number of hydrogen-bond acceptors (Lipinski definition) is 3. The first-order valence-corrected chi connectivity index (χ1v) is 6.44. The van der Waals surface area contributed by atoms with E-state index in [1.165, 1.54) is 13.1 Å². The van der Waals surface area contributed by atoms with Crippen molar-refractivity contribution in [3.05, 3.63) is 29.3 Å². The maximum absolute atomic E-state index is 12.9. The van der Waals surface area contributed by atoms with Gasteiger partial charge in [-0.05, 0) is 25.1 Å². The number of benzene rings is 1. The Kier molecular flexibility index (Phi) is 5.54. The molecule has 1 aromatic carbocycles. The number of likely N-dealkylation sites (N-methyl/N-ethyl adjacent to an activating group) is 1. The van der Waals surface area contributed by atoms with E-state index in [-0.39, 0.29) is 17.9 Å². The molecule has 0 bridgehead atoms. The van der Waals surface area contributed by atoms with Crippen molar-refractivity contribution in [2.45, 2.75) is 26.1 Å². The Labute approximate surface area is 125 Å². The number of aliphatic hydroxyl groups excluding tert-OH is 1. The molecular weight excluding hydrogens is 301 g/mol. The highest BCUT2D eigenvalue weighted by Crippen LogP contribution is 2.32. The minimum atomic E-state index is -4.65. The summed E-state index contributed by atoms with van der Waals surface area (Å²) in [5, 5.41) is 11.3. The molecule has 2 amide bonds. The van der Waals surface area contributed by atoms with Gasteiger partial charge < -0.3 is 15.3 Å². The summed E-state index contributed by atoms with van der Waals surface area (Å²) in [5.74, 6) is -1.23. The monoisotopic (exact) mass is 318 g/mol. The van der Waals surface area contributed by atoms with Crippen molar-refractivity contribution in [1.82, 2.24) is 4.90 Å². The van der Waals surface area contributed by atoms with Crippen LogP contribution in [0.2, 0.25) is 0 Å². The van der Waals surface area contributed by atoms with Crippen LogP contribution in [0.5, 0.6) is 0 Å². The van der Waals surface area contributed by atoms with Crippen LogP contribution in [-0.4, -0.2) is 41.5 Å². The number of nitrogens with one attached hydrogen (secondary N) is 1. The molecule has 5 nitrogen and oxygen atoms in total. The molecule has 0 aliphatic carbocycles. The number of aliphatic hydroxyl groups is 1. The number of nitrogens with zero attached hydrogens (tertiary/aromatic N) is 1. The van der Waals surface area contributed by atoms with E-state index in [0.717, 1.165) is 17.9 Å². The number of amides is 2. The van der Waals surface area contributed by atoms with Crippen LogP contribution in [-0.2, 0) is 11.0 Å². The lowest BCUT2D eigenvalue weighted by molar-refractivity contribution is -0.137. The normalized spacial score (nSPS) is 12.7. The van der Waals surface area contributed by atoms with E-state index in [9.17, 15) is 22.8 Å². The fourth-order valence-electron chi connectivity index (χ4n) is 1.72. The van der Waals surface area contributed by atoms with Gasteiger partial charge in [-0.15, -0.1) is 0 Å². The Hall–Kier alpha value is -2.09. The van der Waals surface area contributed by atoms with Gasteiger partial charge in [0.2, 0.25) is 5.91 Å². The zero-order valence-electron chi connectivity index (χ0n) is 12.4. The average Bonchev–Trinajstić information content (AvgIpc) is 2.42. The zero-order valence-corrected chi connectivity index (χ0v) is 12.4. The molecule has 0 saturated heterocycles. The fraction of sp³-hybridized carbons (Fsp3) is 0.429. The number of anilines is 1. The molecule has 0 heterocycles. The van der Waals surface area contributed by atoms with Gasteiger partial charge in [0.15, 0.2) is 0 Å². The van der Waals surface area contributed by atoms with Crippen LogP contribution in [0, 0.1) is 0 Å². The number of rotatable bonds is 4. The highest BCUT2D eigenvalue weighted by atomic mass is 19.4. The number of alkyl halides is 3. The van der Waals surface area contributed by atoms with E-state index >= 15 is 0 Å². The van der Waals surface area contributed by atoms with Crippen molar-refractivity contribution in [2.24, 2.45) is 0 Å². The molecular formula is C14H17F3N2O3. The van der Waals surface area contributed by atoms with Crippen LogP contribution in [0.1, 0.15) is 29.8 Å². The molecule has 8 heteroatoms. The molecule has 22 heavy (non-hydrogen) atoms. The molecule has 1 aromatic rings. The Morgan fingerprint density at radius 2 is 1.91 bits per heavy atom. The van der Waals surface area contributed by atoms with Crippen molar-refractivity contribution in [1.29, 1.82) is 0 Å². The van der Waals surface area contributed by atoms with E-state index in [4.69, 9.17) is 5.11 Å². The molecule has 0 aliphatic heterocycles. The highest BCUT2D eigenvalue weighted by Gasteiger charge is 2.32. The molecule has 1 rings (SSSR count). The van der Waals surface area contributed by atoms with Crippen molar-refractivity contribution in [2.75, 3.05) is 19.0 Å². The predicted octanol–water partition coefficient (Wildman–Crippen LogP) is 2.12. The summed E-state index contributed by atoms with van der Waals surface area (Å²) in [7, 11) is 1.38.